The molecule has 0 spiro atoms. The maximum atomic E-state index is 12.7. The minimum absolute atomic E-state index is 0.0171. The topological polar surface area (TPSA) is 88.4 Å². The van der Waals surface area contributed by atoms with Gasteiger partial charge in [0.1, 0.15) is 0 Å². The molecule has 0 aliphatic carbocycles. The van der Waals surface area contributed by atoms with Gasteiger partial charge in [-0.3, -0.25) is 0 Å². The molecule has 1 saturated heterocycles. The number of hydrogen-bond donors (Lipinski definition) is 3. The highest BCUT2D eigenvalue weighted by Gasteiger charge is 2.32. The molecule has 2 unspecified atom stereocenters. The fourth-order valence-electron chi connectivity index (χ4n) is 3.02. The lowest BCUT2D eigenvalue weighted by Gasteiger charge is -2.20. The van der Waals surface area contributed by atoms with E-state index in [1.54, 1.807) is 18.2 Å². The number of benzene rings is 1. The van der Waals surface area contributed by atoms with Crippen molar-refractivity contribution in [2.45, 2.75) is 37.6 Å². The molecule has 2 atom stereocenters. The Labute approximate surface area is 159 Å². The van der Waals surface area contributed by atoms with E-state index in [2.05, 4.69) is 15.7 Å². The van der Waals surface area contributed by atoms with Crippen LogP contribution in [0.25, 0.3) is 5.69 Å². The molecule has 2 aromatic rings. The lowest BCUT2D eigenvalue weighted by Crippen LogP contribution is -2.42. The van der Waals surface area contributed by atoms with E-state index in [0.717, 1.165) is 29.9 Å². The third kappa shape index (κ3) is 5.23. The quantitative estimate of drug-likeness (QED) is 0.698. The molecule has 3 N–H and O–H groups in total. The van der Waals surface area contributed by atoms with Crippen LogP contribution in [-0.4, -0.2) is 46.3 Å². The van der Waals surface area contributed by atoms with E-state index in [0.29, 0.717) is 24.4 Å². The number of hydrogen-bond acceptors (Lipinski definition) is 4. The molecule has 0 radical (unpaired) electrons. The molecule has 1 fully saturated rings. The van der Waals surface area contributed by atoms with Crippen molar-refractivity contribution in [2.24, 2.45) is 0 Å². The van der Waals surface area contributed by atoms with E-state index in [9.17, 15) is 23.1 Å². The van der Waals surface area contributed by atoms with E-state index in [1.165, 1.54) is 6.07 Å². The second-order valence-electron chi connectivity index (χ2n) is 6.57. The highest BCUT2D eigenvalue weighted by Crippen LogP contribution is 2.29. The molecule has 2 amide bonds. The summed E-state index contributed by atoms with van der Waals surface area (Å²) in [5.74, 6) is 0. The maximum Gasteiger partial charge on any atom is 0.419 e. The smallest absolute Gasteiger partial charge is 0.394 e. The molecule has 2 heterocycles. The molecule has 28 heavy (non-hydrogen) atoms. The van der Waals surface area contributed by atoms with Gasteiger partial charge in [0.15, 0.2) is 0 Å². The summed E-state index contributed by atoms with van der Waals surface area (Å²) in [4.78, 5) is 12.2. The summed E-state index contributed by atoms with van der Waals surface area (Å²) in [5, 5.41) is 18.5. The lowest BCUT2D eigenvalue weighted by atomic mass is 10.1. The van der Waals surface area contributed by atoms with Gasteiger partial charge in [-0.05, 0) is 37.5 Å². The summed E-state index contributed by atoms with van der Waals surface area (Å²) < 4.78 is 44.7. The summed E-state index contributed by atoms with van der Waals surface area (Å²) in [7, 11) is 0. The first-order valence-corrected chi connectivity index (χ1v) is 8.87. The SMILES string of the molecule is O=C(Nc1cccc(-n2cc(C(F)(F)F)cn2)c1)NC(CO)CC1CCCO1. The minimum atomic E-state index is -4.48. The van der Waals surface area contributed by atoms with Crippen LogP contribution in [0.3, 0.4) is 0 Å². The van der Waals surface area contributed by atoms with Gasteiger partial charge in [0.2, 0.25) is 0 Å². The second-order valence-corrected chi connectivity index (χ2v) is 6.57. The Bertz CT molecular complexity index is 803. The number of nitrogens with zero attached hydrogens (tertiary/aromatic N) is 2. The van der Waals surface area contributed by atoms with Gasteiger partial charge < -0.3 is 20.5 Å². The molecule has 1 aromatic heterocycles. The number of rotatable bonds is 6. The molecule has 7 nitrogen and oxygen atoms in total. The number of ether oxygens (including phenoxy) is 1. The van der Waals surface area contributed by atoms with Crippen LogP contribution in [0.5, 0.6) is 0 Å². The van der Waals surface area contributed by atoms with Crippen molar-refractivity contribution in [3.63, 3.8) is 0 Å². The summed E-state index contributed by atoms with van der Waals surface area (Å²) in [6, 6.07) is 5.30. The van der Waals surface area contributed by atoms with Gasteiger partial charge in [0, 0.05) is 18.5 Å². The summed E-state index contributed by atoms with van der Waals surface area (Å²) >= 11 is 0. The largest absolute Gasteiger partial charge is 0.419 e. The van der Waals surface area contributed by atoms with E-state index >= 15 is 0 Å². The van der Waals surface area contributed by atoms with Crippen LogP contribution in [-0.2, 0) is 10.9 Å². The number of aromatic nitrogens is 2. The first-order valence-electron chi connectivity index (χ1n) is 8.87. The first-order chi connectivity index (χ1) is 13.3. The number of nitrogens with one attached hydrogen (secondary N) is 2. The Hall–Kier alpha value is -2.59. The number of aliphatic hydroxyl groups excluding tert-OH is 1. The zero-order chi connectivity index (χ0) is 20.1. The minimum Gasteiger partial charge on any atom is -0.394 e. The Balaban J connectivity index is 1.61. The number of carbonyl (C=O) groups is 1. The molecular formula is C18H21F3N4O3. The summed E-state index contributed by atoms with van der Waals surface area (Å²) in [5.41, 5.74) is -0.109. The number of carbonyl (C=O) groups excluding carboxylic acids is 1. The highest BCUT2D eigenvalue weighted by atomic mass is 19.4. The standard InChI is InChI=1S/C18H21F3N4O3/c19-18(20,21)12-9-22-25(10-12)15-4-1-3-13(7-15)23-17(27)24-14(11-26)8-16-5-2-6-28-16/h1,3-4,7,9-10,14,16,26H,2,5-6,8,11H2,(H2,23,24,27). The second kappa shape index (κ2) is 8.61. The summed E-state index contributed by atoms with van der Waals surface area (Å²) in [6.45, 7) is 0.464. The number of urea groups is 1. The van der Waals surface area contributed by atoms with Gasteiger partial charge in [0.25, 0.3) is 0 Å². The van der Waals surface area contributed by atoms with Gasteiger partial charge in [-0.2, -0.15) is 18.3 Å². The third-order valence-electron chi connectivity index (χ3n) is 4.41. The van der Waals surface area contributed by atoms with Crippen LogP contribution in [0.1, 0.15) is 24.8 Å². The zero-order valence-corrected chi connectivity index (χ0v) is 14.9. The van der Waals surface area contributed by atoms with Crippen LogP contribution in [0.4, 0.5) is 23.7 Å². The molecule has 0 saturated carbocycles. The average Bonchev–Trinajstić information content (AvgIpc) is 3.33. The van der Waals surface area contributed by atoms with E-state index in [4.69, 9.17) is 4.74 Å². The predicted octanol–water partition coefficient (Wildman–Crippen LogP) is 2.94. The number of halogens is 3. The first kappa shape index (κ1) is 20.2. The van der Waals surface area contributed by atoms with Crippen LogP contribution in [0.2, 0.25) is 0 Å². The van der Waals surface area contributed by atoms with E-state index in [-0.39, 0.29) is 12.7 Å². The molecule has 152 valence electrons. The predicted molar refractivity (Wildman–Crippen MR) is 95.2 cm³/mol. The van der Waals surface area contributed by atoms with E-state index in [1.807, 2.05) is 0 Å². The number of aliphatic hydroxyl groups is 1. The Morgan fingerprint density at radius 1 is 1.43 bits per heavy atom. The van der Waals surface area contributed by atoms with Gasteiger partial charge in [0.05, 0.1) is 36.2 Å². The van der Waals surface area contributed by atoms with Crippen molar-refractivity contribution in [1.29, 1.82) is 0 Å². The number of alkyl halides is 3. The molecule has 1 aliphatic heterocycles. The normalized spacial score (nSPS) is 18.1. The Morgan fingerprint density at radius 2 is 2.25 bits per heavy atom. The fraction of sp³-hybridized carbons (Fsp3) is 0.444. The fourth-order valence-corrected chi connectivity index (χ4v) is 3.02. The van der Waals surface area contributed by atoms with Crippen LogP contribution in [0, 0.1) is 0 Å². The average molecular weight is 398 g/mol. The lowest BCUT2D eigenvalue weighted by molar-refractivity contribution is -0.137. The molecule has 3 rings (SSSR count). The Kier molecular flexibility index (Phi) is 6.20. The van der Waals surface area contributed by atoms with Gasteiger partial charge in [-0.1, -0.05) is 6.07 Å². The molecule has 10 heteroatoms. The molecule has 1 aliphatic rings. The molecule has 0 bridgehead atoms. The highest BCUT2D eigenvalue weighted by molar-refractivity contribution is 5.89. The maximum absolute atomic E-state index is 12.7. The van der Waals surface area contributed by atoms with Crippen molar-refractivity contribution < 1.29 is 27.8 Å². The van der Waals surface area contributed by atoms with Crippen molar-refractivity contribution in [3.05, 3.63) is 42.2 Å². The van der Waals surface area contributed by atoms with Crippen molar-refractivity contribution in [3.8, 4) is 5.69 Å². The molecule has 1 aromatic carbocycles. The van der Waals surface area contributed by atoms with E-state index < -0.39 is 23.8 Å². The third-order valence-corrected chi connectivity index (χ3v) is 4.41. The van der Waals surface area contributed by atoms with Crippen molar-refractivity contribution in [2.75, 3.05) is 18.5 Å². The summed E-state index contributed by atoms with van der Waals surface area (Å²) in [6.07, 6.45) is -0.472. The van der Waals surface area contributed by atoms with Gasteiger partial charge in [-0.15, -0.1) is 0 Å². The van der Waals surface area contributed by atoms with Gasteiger partial charge >= 0.3 is 12.2 Å². The van der Waals surface area contributed by atoms with Crippen LogP contribution < -0.4 is 10.6 Å². The van der Waals surface area contributed by atoms with Crippen LogP contribution >= 0.6 is 0 Å². The monoisotopic (exact) mass is 398 g/mol. The number of anilines is 1. The van der Waals surface area contributed by atoms with Crippen LogP contribution in [0.15, 0.2) is 36.7 Å². The van der Waals surface area contributed by atoms with Crippen molar-refractivity contribution >= 4 is 11.7 Å². The Morgan fingerprint density at radius 3 is 2.89 bits per heavy atom. The number of amides is 2. The zero-order valence-electron chi connectivity index (χ0n) is 14.9. The van der Waals surface area contributed by atoms with Crippen molar-refractivity contribution in [1.82, 2.24) is 15.1 Å². The van der Waals surface area contributed by atoms with Gasteiger partial charge in [-0.25, -0.2) is 9.48 Å². The molecular weight excluding hydrogens is 377 g/mol.